The Balaban J connectivity index is 1.97. The fraction of sp³-hybridized carbons (Fsp3) is 0.0952. The van der Waals surface area contributed by atoms with Crippen molar-refractivity contribution in [3.63, 3.8) is 0 Å². The molecular weight excluding hydrogens is 517 g/mol. The molecule has 0 saturated heterocycles. The quantitative estimate of drug-likeness (QED) is 0.259. The molecule has 13 heteroatoms. The van der Waals surface area contributed by atoms with Crippen LogP contribution in [0.3, 0.4) is 0 Å². The maximum Gasteiger partial charge on any atom is 0.416 e. The molecular formula is C21H16ClF3N2O5S2. The van der Waals surface area contributed by atoms with Gasteiger partial charge in [-0.25, -0.2) is 13.2 Å². The van der Waals surface area contributed by atoms with Gasteiger partial charge in [0, 0.05) is 16.1 Å². The molecule has 180 valence electrons. The van der Waals surface area contributed by atoms with Crippen LogP contribution in [0.5, 0.6) is 0 Å². The van der Waals surface area contributed by atoms with Gasteiger partial charge in [0.05, 0.1) is 17.5 Å². The summed E-state index contributed by atoms with van der Waals surface area (Å²) in [5, 5.41) is 4.00. The van der Waals surface area contributed by atoms with E-state index in [-0.39, 0.29) is 11.1 Å². The van der Waals surface area contributed by atoms with E-state index in [4.69, 9.17) is 11.6 Å². The second-order valence-electron chi connectivity index (χ2n) is 7.01. The molecule has 0 spiro atoms. The van der Waals surface area contributed by atoms with Crippen LogP contribution in [0.15, 0.2) is 76.7 Å². The predicted octanol–water partition coefficient (Wildman–Crippen LogP) is 4.73. The molecule has 0 fully saturated rings. The molecule has 0 amide bonds. The number of hydrogen-bond acceptors (Lipinski definition) is 5. The van der Waals surface area contributed by atoms with Gasteiger partial charge < -0.3 is 0 Å². The van der Waals surface area contributed by atoms with Crippen LogP contribution >= 0.6 is 11.6 Å². The Hall–Kier alpha value is -2.93. The summed E-state index contributed by atoms with van der Waals surface area (Å²) < 4.78 is 97.3. The lowest BCUT2D eigenvalue weighted by Crippen LogP contribution is -2.20. The number of alkyl halides is 3. The van der Waals surface area contributed by atoms with Crippen LogP contribution in [0.25, 0.3) is 11.1 Å². The van der Waals surface area contributed by atoms with Gasteiger partial charge in [0.15, 0.2) is 0 Å². The molecule has 3 rings (SSSR count). The smallest absolute Gasteiger partial charge is 0.282 e. The number of nitrogens with zero attached hydrogens (tertiary/aromatic N) is 1. The third-order valence-electron chi connectivity index (χ3n) is 4.48. The Kier molecular flexibility index (Phi) is 7.36. The zero-order valence-corrected chi connectivity index (χ0v) is 19.4. The summed E-state index contributed by atoms with van der Waals surface area (Å²) in [5.74, 6) is -0.437. The maximum absolute atomic E-state index is 13.2. The first-order chi connectivity index (χ1) is 15.8. The standard InChI is InChI=1S/C21H16ClF3N2O5S2/c22-17-6-3-4-14(10-17)13-33(28,29)27-26-12-15-5-1-2-7-18(15)19-11-16(21(23,24)25)8-9-20(19)34(30,31)32/h1-12,27H,13H2,(H,30,31,32). The van der Waals surface area contributed by atoms with Crippen LogP contribution in [-0.2, 0) is 32.1 Å². The zero-order chi connectivity index (χ0) is 25.1. The highest BCUT2D eigenvalue weighted by Gasteiger charge is 2.32. The number of rotatable bonds is 7. The summed E-state index contributed by atoms with van der Waals surface area (Å²) in [6, 6.07) is 13.6. The van der Waals surface area contributed by atoms with Crippen LogP contribution in [0.1, 0.15) is 16.7 Å². The van der Waals surface area contributed by atoms with Crippen molar-refractivity contribution < 1.29 is 34.6 Å². The molecule has 0 radical (unpaired) electrons. The number of benzene rings is 3. The van der Waals surface area contributed by atoms with Crippen molar-refractivity contribution in [2.75, 3.05) is 0 Å². The van der Waals surface area contributed by atoms with Crippen LogP contribution < -0.4 is 4.83 Å². The van der Waals surface area contributed by atoms with E-state index in [2.05, 4.69) is 5.10 Å². The monoisotopic (exact) mass is 532 g/mol. The molecule has 0 aliphatic rings. The highest BCUT2D eigenvalue weighted by Crippen LogP contribution is 2.36. The Morgan fingerprint density at radius 2 is 1.65 bits per heavy atom. The Bertz CT molecular complexity index is 1460. The van der Waals surface area contributed by atoms with E-state index in [0.29, 0.717) is 28.8 Å². The molecule has 3 aromatic carbocycles. The van der Waals surface area contributed by atoms with Crippen LogP contribution in [0, 0.1) is 0 Å². The zero-order valence-electron chi connectivity index (χ0n) is 17.0. The van der Waals surface area contributed by atoms with Crippen molar-refractivity contribution in [3.05, 3.63) is 88.4 Å². The molecule has 0 unspecified atom stereocenters. The van der Waals surface area contributed by atoms with Gasteiger partial charge in [-0.15, -0.1) is 0 Å². The summed E-state index contributed by atoms with van der Waals surface area (Å²) in [5.41, 5.74) is -1.10. The molecule has 34 heavy (non-hydrogen) atoms. The third-order valence-corrected chi connectivity index (χ3v) is 6.72. The van der Waals surface area contributed by atoms with Gasteiger partial charge in [0.1, 0.15) is 4.90 Å². The average molecular weight is 533 g/mol. The van der Waals surface area contributed by atoms with Crippen molar-refractivity contribution in [3.8, 4) is 11.1 Å². The Morgan fingerprint density at radius 3 is 2.29 bits per heavy atom. The summed E-state index contributed by atoms with van der Waals surface area (Å²) in [4.78, 5) is 1.24. The van der Waals surface area contributed by atoms with Crippen molar-refractivity contribution >= 4 is 38.0 Å². The average Bonchev–Trinajstić information content (AvgIpc) is 2.72. The molecule has 0 heterocycles. The first kappa shape index (κ1) is 25.7. The normalized spacial score (nSPS) is 12.7. The lowest BCUT2D eigenvalue weighted by atomic mass is 9.98. The number of sulfonamides is 1. The first-order valence-electron chi connectivity index (χ1n) is 9.31. The molecule has 0 aliphatic carbocycles. The Labute approximate surface area is 198 Å². The van der Waals surface area contributed by atoms with E-state index in [1.807, 2.05) is 4.83 Å². The number of nitrogens with one attached hydrogen (secondary N) is 1. The van der Waals surface area contributed by atoms with Gasteiger partial charge in [-0.2, -0.15) is 26.7 Å². The van der Waals surface area contributed by atoms with E-state index in [9.17, 15) is 34.6 Å². The van der Waals surface area contributed by atoms with E-state index >= 15 is 0 Å². The molecule has 0 atom stereocenters. The van der Waals surface area contributed by atoms with E-state index in [1.165, 1.54) is 30.3 Å². The largest absolute Gasteiger partial charge is 0.416 e. The van der Waals surface area contributed by atoms with E-state index < -0.39 is 48.1 Å². The van der Waals surface area contributed by atoms with Crippen molar-refractivity contribution in [2.24, 2.45) is 5.10 Å². The molecule has 2 N–H and O–H groups in total. The van der Waals surface area contributed by atoms with Crippen LogP contribution in [-0.4, -0.2) is 27.6 Å². The van der Waals surface area contributed by atoms with Gasteiger partial charge in [0.25, 0.3) is 20.1 Å². The van der Waals surface area contributed by atoms with Gasteiger partial charge >= 0.3 is 6.18 Å². The molecule has 0 aromatic heterocycles. The maximum atomic E-state index is 13.2. The van der Waals surface area contributed by atoms with Gasteiger partial charge in [0.2, 0.25) is 0 Å². The second kappa shape index (κ2) is 9.74. The highest BCUT2D eigenvalue weighted by atomic mass is 35.5. The van der Waals surface area contributed by atoms with Gasteiger partial charge in [-0.1, -0.05) is 48.0 Å². The topological polar surface area (TPSA) is 113 Å². The van der Waals surface area contributed by atoms with Gasteiger partial charge in [-0.3, -0.25) is 4.55 Å². The van der Waals surface area contributed by atoms with Crippen molar-refractivity contribution in [1.82, 2.24) is 4.83 Å². The van der Waals surface area contributed by atoms with Crippen molar-refractivity contribution in [2.45, 2.75) is 16.8 Å². The molecule has 0 saturated carbocycles. The van der Waals surface area contributed by atoms with E-state index in [1.54, 1.807) is 18.2 Å². The number of halogens is 4. The van der Waals surface area contributed by atoms with Crippen molar-refractivity contribution in [1.29, 1.82) is 0 Å². The third kappa shape index (κ3) is 6.56. The molecule has 3 aromatic rings. The summed E-state index contributed by atoms with van der Waals surface area (Å²) in [6.07, 6.45) is -3.76. The fourth-order valence-electron chi connectivity index (χ4n) is 3.05. The van der Waals surface area contributed by atoms with E-state index in [0.717, 1.165) is 6.21 Å². The predicted molar refractivity (Wildman–Crippen MR) is 122 cm³/mol. The Morgan fingerprint density at radius 1 is 0.941 bits per heavy atom. The minimum Gasteiger partial charge on any atom is -0.282 e. The first-order valence-corrected chi connectivity index (χ1v) is 12.8. The minimum absolute atomic E-state index is 0.0287. The molecule has 0 bridgehead atoms. The SMILES string of the molecule is O=S(=O)(Cc1cccc(Cl)c1)NN=Cc1ccccc1-c1cc(C(F)(F)F)ccc1S(=O)(=O)O. The molecule has 0 aliphatic heterocycles. The lowest BCUT2D eigenvalue weighted by molar-refractivity contribution is -0.137. The second-order valence-corrected chi connectivity index (χ2v) is 10.5. The lowest BCUT2D eigenvalue weighted by Gasteiger charge is -2.14. The summed E-state index contributed by atoms with van der Waals surface area (Å²) >= 11 is 5.84. The summed E-state index contributed by atoms with van der Waals surface area (Å²) in [6.45, 7) is 0. The number of hydrazone groups is 1. The number of hydrogen-bond donors (Lipinski definition) is 2. The molecule has 7 nitrogen and oxygen atoms in total. The highest BCUT2D eigenvalue weighted by molar-refractivity contribution is 7.88. The fourth-order valence-corrected chi connectivity index (χ4v) is 4.85. The minimum atomic E-state index is -4.88. The van der Waals surface area contributed by atoms with Crippen LogP contribution in [0.4, 0.5) is 13.2 Å². The summed E-state index contributed by atoms with van der Waals surface area (Å²) in [7, 11) is -8.82. The van der Waals surface area contributed by atoms with Gasteiger partial charge in [-0.05, 0) is 41.5 Å². The van der Waals surface area contributed by atoms with Crippen LogP contribution in [0.2, 0.25) is 5.02 Å².